The Labute approximate surface area is 120 Å². The highest BCUT2D eigenvalue weighted by Crippen LogP contribution is 2.26. The average Bonchev–Trinajstić information content (AvgIpc) is 3.11. The highest BCUT2D eigenvalue weighted by atomic mass is 32.1. The van der Waals surface area contributed by atoms with Crippen LogP contribution in [0.25, 0.3) is 4.96 Å². The van der Waals surface area contributed by atoms with Gasteiger partial charge in [-0.05, 0) is 19.1 Å². The van der Waals surface area contributed by atoms with Gasteiger partial charge in [-0.2, -0.15) is 5.10 Å². The van der Waals surface area contributed by atoms with Crippen LogP contribution in [-0.4, -0.2) is 20.6 Å². The summed E-state index contributed by atoms with van der Waals surface area (Å²) in [7, 11) is 0. The molecule has 0 fully saturated rings. The predicted octanol–water partition coefficient (Wildman–Crippen LogP) is 2.20. The highest BCUT2D eigenvalue weighted by molar-refractivity contribution is 7.17. The molecule has 0 aromatic carbocycles. The number of fused-ring (bicyclic) bond motifs is 3. The number of nitrogens with one attached hydrogen (secondary N) is 1. The number of nitrogens with zero attached hydrogens (tertiary/aromatic N) is 3. The lowest BCUT2D eigenvalue weighted by molar-refractivity contribution is 0.502. The van der Waals surface area contributed by atoms with Crippen LogP contribution < -0.4 is 5.32 Å². The van der Waals surface area contributed by atoms with Crippen LogP contribution in [0.3, 0.4) is 0 Å². The minimum atomic E-state index is 0.510. The molecule has 1 unspecified atom stereocenters. The first-order valence-electron chi connectivity index (χ1n) is 6.91. The number of hydrogen-bond acceptors (Lipinski definition) is 5. The van der Waals surface area contributed by atoms with Crippen LogP contribution in [0.2, 0.25) is 0 Å². The molecule has 1 aliphatic heterocycles. The number of thiazole rings is 1. The lowest BCUT2D eigenvalue weighted by Crippen LogP contribution is -2.32. The standard InChI is InChI=1S/C14H16N4OS/c1-9-7-11-12(8-15-9)20-14-16-13(17-18(11)14)5-4-10-3-2-6-19-10/h2-3,6,9,15H,4-5,7-8H2,1H3. The van der Waals surface area contributed by atoms with Gasteiger partial charge in [0.15, 0.2) is 5.82 Å². The molecule has 1 N–H and O–H groups in total. The lowest BCUT2D eigenvalue weighted by atomic mass is 10.1. The average molecular weight is 288 g/mol. The molecule has 0 amide bonds. The normalized spacial score (nSPS) is 18.6. The van der Waals surface area contributed by atoms with Crippen molar-refractivity contribution in [1.82, 2.24) is 19.9 Å². The van der Waals surface area contributed by atoms with Gasteiger partial charge in [-0.25, -0.2) is 9.50 Å². The molecule has 0 spiro atoms. The quantitative estimate of drug-likeness (QED) is 0.803. The van der Waals surface area contributed by atoms with Crippen LogP contribution in [0, 0.1) is 0 Å². The summed E-state index contributed by atoms with van der Waals surface area (Å²) >= 11 is 1.75. The number of rotatable bonds is 3. The SMILES string of the molecule is CC1Cc2c(sc3nc(CCc4ccco4)nn23)CN1. The van der Waals surface area contributed by atoms with Crippen LogP contribution in [0.4, 0.5) is 0 Å². The Morgan fingerprint density at radius 3 is 3.30 bits per heavy atom. The number of aromatic nitrogens is 3. The van der Waals surface area contributed by atoms with Gasteiger partial charge in [0.25, 0.3) is 0 Å². The van der Waals surface area contributed by atoms with Crippen LogP contribution in [-0.2, 0) is 25.8 Å². The summed E-state index contributed by atoms with van der Waals surface area (Å²) < 4.78 is 7.38. The maximum Gasteiger partial charge on any atom is 0.212 e. The molecular formula is C14H16N4OS. The van der Waals surface area contributed by atoms with E-state index < -0.39 is 0 Å². The van der Waals surface area contributed by atoms with E-state index in [-0.39, 0.29) is 0 Å². The Morgan fingerprint density at radius 1 is 1.50 bits per heavy atom. The molecule has 3 aromatic rings. The Morgan fingerprint density at radius 2 is 2.45 bits per heavy atom. The molecule has 4 rings (SSSR count). The first-order valence-corrected chi connectivity index (χ1v) is 7.73. The van der Waals surface area contributed by atoms with Crippen molar-refractivity contribution in [3.8, 4) is 0 Å². The van der Waals surface area contributed by atoms with E-state index in [9.17, 15) is 0 Å². The summed E-state index contributed by atoms with van der Waals surface area (Å²) in [5, 5.41) is 8.14. The second-order valence-electron chi connectivity index (χ2n) is 5.26. The van der Waals surface area contributed by atoms with Crippen molar-refractivity contribution < 1.29 is 4.42 Å². The highest BCUT2D eigenvalue weighted by Gasteiger charge is 2.22. The van der Waals surface area contributed by atoms with Gasteiger partial charge in [-0.15, -0.1) is 0 Å². The molecule has 20 heavy (non-hydrogen) atoms. The van der Waals surface area contributed by atoms with Gasteiger partial charge in [0.05, 0.1) is 12.0 Å². The van der Waals surface area contributed by atoms with Crippen LogP contribution in [0.15, 0.2) is 22.8 Å². The Balaban J connectivity index is 1.60. The van der Waals surface area contributed by atoms with E-state index in [0.717, 1.165) is 42.4 Å². The van der Waals surface area contributed by atoms with Gasteiger partial charge >= 0.3 is 0 Å². The maximum atomic E-state index is 5.35. The topological polar surface area (TPSA) is 55.4 Å². The Kier molecular flexibility index (Phi) is 2.85. The summed E-state index contributed by atoms with van der Waals surface area (Å²) in [6.45, 7) is 3.15. The molecule has 0 bridgehead atoms. The second-order valence-corrected chi connectivity index (χ2v) is 6.32. The lowest BCUT2D eigenvalue weighted by Gasteiger charge is -2.19. The number of furan rings is 1. The minimum absolute atomic E-state index is 0.510. The molecule has 0 saturated heterocycles. The third-order valence-corrected chi connectivity index (χ3v) is 4.77. The van der Waals surface area contributed by atoms with Crippen molar-refractivity contribution in [1.29, 1.82) is 0 Å². The van der Waals surface area contributed by atoms with E-state index in [1.165, 1.54) is 10.6 Å². The third kappa shape index (κ3) is 2.05. The third-order valence-electron chi connectivity index (χ3n) is 3.70. The molecule has 6 heteroatoms. The van der Waals surface area contributed by atoms with E-state index in [1.807, 2.05) is 16.6 Å². The maximum absolute atomic E-state index is 5.35. The van der Waals surface area contributed by atoms with E-state index in [0.29, 0.717) is 6.04 Å². The Hall–Kier alpha value is -1.66. The zero-order chi connectivity index (χ0) is 13.5. The van der Waals surface area contributed by atoms with Gasteiger partial charge < -0.3 is 9.73 Å². The van der Waals surface area contributed by atoms with E-state index in [1.54, 1.807) is 17.6 Å². The minimum Gasteiger partial charge on any atom is -0.469 e. The largest absolute Gasteiger partial charge is 0.469 e. The molecule has 1 atom stereocenters. The fraction of sp³-hybridized carbons (Fsp3) is 0.429. The van der Waals surface area contributed by atoms with Crippen molar-refractivity contribution in [2.75, 3.05) is 0 Å². The molecule has 5 nitrogen and oxygen atoms in total. The van der Waals surface area contributed by atoms with E-state index >= 15 is 0 Å². The second kappa shape index (κ2) is 4.71. The van der Waals surface area contributed by atoms with Crippen molar-refractivity contribution in [3.63, 3.8) is 0 Å². The van der Waals surface area contributed by atoms with Crippen molar-refractivity contribution in [2.45, 2.75) is 38.8 Å². The molecule has 0 radical (unpaired) electrons. The summed E-state index contributed by atoms with van der Waals surface area (Å²) in [5.74, 6) is 1.89. The molecule has 1 aliphatic rings. The van der Waals surface area contributed by atoms with Gasteiger partial charge in [0, 0.05) is 36.7 Å². The molecule has 104 valence electrons. The van der Waals surface area contributed by atoms with Gasteiger partial charge in [-0.1, -0.05) is 11.3 Å². The molecular weight excluding hydrogens is 272 g/mol. The zero-order valence-electron chi connectivity index (χ0n) is 11.3. The van der Waals surface area contributed by atoms with Crippen LogP contribution in [0.5, 0.6) is 0 Å². The monoisotopic (exact) mass is 288 g/mol. The molecule has 0 aliphatic carbocycles. The van der Waals surface area contributed by atoms with Gasteiger partial charge in [0.1, 0.15) is 5.76 Å². The zero-order valence-corrected chi connectivity index (χ0v) is 12.1. The summed E-state index contributed by atoms with van der Waals surface area (Å²) in [5.41, 5.74) is 1.33. The summed E-state index contributed by atoms with van der Waals surface area (Å²) in [6.07, 6.45) is 4.41. The van der Waals surface area contributed by atoms with Crippen molar-refractivity contribution in [3.05, 3.63) is 40.6 Å². The van der Waals surface area contributed by atoms with Gasteiger partial charge in [0.2, 0.25) is 4.96 Å². The molecule has 3 aromatic heterocycles. The number of aryl methyl sites for hydroxylation is 2. The smallest absolute Gasteiger partial charge is 0.212 e. The first kappa shape index (κ1) is 12.1. The van der Waals surface area contributed by atoms with E-state index in [4.69, 9.17) is 4.42 Å². The summed E-state index contributed by atoms with van der Waals surface area (Å²) in [6, 6.07) is 4.42. The fourth-order valence-corrected chi connectivity index (χ4v) is 3.68. The van der Waals surface area contributed by atoms with Crippen molar-refractivity contribution in [2.24, 2.45) is 0 Å². The van der Waals surface area contributed by atoms with Crippen LogP contribution >= 0.6 is 11.3 Å². The Bertz CT molecular complexity index is 728. The first-order chi connectivity index (χ1) is 9.79. The van der Waals surface area contributed by atoms with Crippen LogP contribution in [0.1, 0.15) is 29.1 Å². The molecule has 4 heterocycles. The molecule has 0 saturated carbocycles. The van der Waals surface area contributed by atoms with Gasteiger partial charge in [-0.3, -0.25) is 0 Å². The number of hydrogen-bond donors (Lipinski definition) is 1. The van der Waals surface area contributed by atoms with Crippen molar-refractivity contribution >= 4 is 16.3 Å². The predicted molar refractivity (Wildman–Crippen MR) is 77.0 cm³/mol. The summed E-state index contributed by atoms with van der Waals surface area (Å²) in [4.78, 5) is 7.03. The van der Waals surface area contributed by atoms with E-state index in [2.05, 4.69) is 22.3 Å². The fourth-order valence-electron chi connectivity index (χ4n) is 2.63.